The van der Waals surface area contributed by atoms with Gasteiger partial charge in [0.1, 0.15) is 5.01 Å². The molecule has 0 bridgehead atoms. The van der Waals surface area contributed by atoms with Crippen LogP contribution in [0.15, 0.2) is 0 Å². The van der Waals surface area contributed by atoms with Gasteiger partial charge in [0.05, 0.1) is 13.1 Å². The highest BCUT2D eigenvalue weighted by atomic mass is 35.5. The molecule has 0 aliphatic rings. The molecule has 0 aliphatic carbocycles. The maximum absolute atomic E-state index is 11.4. The first-order valence-corrected chi connectivity index (χ1v) is 5.94. The Morgan fingerprint density at radius 1 is 1.33 bits per heavy atom. The van der Waals surface area contributed by atoms with Gasteiger partial charge < -0.3 is 11.1 Å². The van der Waals surface area contributed by atoms with Gasteiger partial charge in [0.25, 0.3) is 0 Å². The van der Waals surface area contributed by atoms with Crippen LogP contribution in [0.25, 0.3) is 0 Å². The number of nitrogens with two attached hydrogens (primary N) is 1. The van der Waals surface area contributed by atoms with Gasteiger partial charge in [-0.25, -0.2) is 0 Å². The summed E-state index contributed by atoms with van der Waals surface area (Å²) in [6.07, 6.45) is 0. The summed E-state index contributed by atoms with van der Waals surface area (Å²) in [4.78, 5) is 22.2. The Bertz CT molecular complexity index is 409. The van der Waals surface area contributed by atoms with Crippen LogP contribution in [0.3, 0.4) is 0 Å². The van der Waals surface area contributed by atoms with Crippen molar-refractivity contribution in [3.05, 3.63) is 5.01 Å². The molecule has 0 fully saturated rings. The fraction of sp³-hybridized carbons (Fsp3) is 0.556. The summed E-state index contributed by atoms with van der Waals surface area (Å²) in [5, 5.41) is 13.9. The zero-order valence-electron chi connectivity index (χ0n) is 10.1. The average molecular weight is 294 g/mol. The Labute approximate surface area is 115 Å². The Balaban J connectivity index is 0.00000289. The second-order valence-corrected chi connectivity index (χ2v) is 4.64. The molecule has 0 atom stereocenters. The van der Waals surface area contributed by atoms with Crippen molar-refractivity contribution < 1.29 is 9.59 Å². The summed E-state index contributed by atoms with van der Waals surface area (Å²) < 4.78 is 0. The average Bonchev–Trinajstić information content (AvgIpc) is 2.74. The number of nitrogens with one attached hydrogen (secondary N) is 2. The van der Waals surface area contributed by atoms with Gasteiger partial charge in [-0.05, 0) is 0 Å². The number of rotatable bonds is 5. The van der Waals surface area contributed by atoms with Crippen LogP contribution in [-0.2, 0) is 9.59 Å². The van der Waals surface area contributed by atoms with E-state index in [1.807, 2.05) is 13.8 Å². The molecular weight excluding hydrogens is 278 g/mol. The standard InChI is InChI=1S/C9H15N5O2S.ClH/c1-5(2)8-13-14-9(17-8)12-7(16)4-11-6(15)3-10;/h5H,3-4,10H2,1-2H3,(H,11,15)(H,12,14,16);1H. The number of carbonyl (C=O) groups excluding carboxylic acids is 2. The van der Waals surface area contributed by atoms with Crippen LogP contribution in [-0.4, -0.2) is 35.1 Å². The molecule has 2 amide bonds. The molecule has 0 saturated carbocycles. The molecule has 102 valence electrons. The minimum atomic E-state index is -0.375. The third kappa shape index (κ3) is 5.39. The highest BCUT2D eigenvalue weighted by Gasteiger charge is 2.10. The minimum Gasteiger partial charge on any atom is -0.346 e. The lowest BCUT2D eigenvalue weighted by molar-refractivity contribution is -0.123. The van der Waals surface area contributed by atoms with Crippen LogP contribution in [0, 0.1) is 0 Å². The lowest BCUT2D eigenvalue weighted by atomic mass is 10.2. The second kappa shape index (κ2) is 7.96. The predicted molar refractivity (Wildman–Crippen MR) is 71.9 cm³/mol. The topological polar surface area (TPSA) is 110 Å². The summed E-state index contributed by atoms with van der Waals surface area (Å²) in [6, 6.07) is 0. The maximum atomic E-state index is 11.4. The van der Waals surface area contributed by atoms with Crippen LogP contribution in [0.5, 0.6) is 0 Å². The van der Waals surface area contributed by atoms with Crippen molar-refractivity contribution in [1.29, 1.82) is 0 Å². The summed E-state index contributed by atoms with van der Waals surface area (Å²) >= 11 is 1.32. The van der Waals surface area contributed by atoms with E-state index in [0.717, 1.165) is 5.01 Å². The van der Waals surface area contributed by atoms with Crippen molar-refractivity contribution in [3.63, 3.8) is 0 Å². The van der Waals surface area contributed by atoms with Gasteiger partial charge in [-0.1, -0.05) is 25.2 Å². The quantitative estimate of drug-likeness (QED) is 0.713. The van der Waals surface area contributed by atoms with E-state index >= 15 is 0 Å². The third-order valence-corrected chi connectivity index (χ3v) is 2.95. The van der Waals surface area contributed by atoms with Gasteiger partial charge in [0, 0.05) is 5.92 Å². The molecule has 18 heavy (non-hydrogen) atoms. The first-order valence-electron chi connectivity index (χ1n) is 5.13. The largest absolute Gasteiger partial charge is 0.346 e. The summed E-state index contributed by atoms with van der Waals surface area (Å²) in [6.45, 7) is 3.73. The zero-order chi connectivity index (χ0) is 12.8. The molecule has 0 spiro atoms. The van der Waals surface area contributed by atoms with Crippen LogP contribution in [0.2, 0.25) is 0 Å². The lowest BCUT2D eigenvalue weighted by Crippen LogP contribution is -2.36. The summed E-state index contributed by atoms with van der Waals surface area (Å²) in [7, 11) is 0. The highest BCUT2D eigenvalue weighted by Crippen LogP contribution is 2.21. The van der Waals surface area contributed by atoms with Gasteiger partial charge in [0.15, 0.2) is 0 Å². The van der Waals surface area contributed by atoms with Crippen LogP contribution in [0.1, 0.15) is 24.8 Å². The zero-order valence-corrected chi connectivity index (χ0v) is 11.7. The van der Waals surface area contributed by atoms with E-state index in [1.54, 1.807) is 0 Å². The molecule has 0 saturated heterocycles. The lowest BCUT2D eigenvalue weighted by Gasteiger charge is -2.02. The van der Waals surface area contributed by atoms with E-state index < -0.39 is 0 Å². The number of halogens is 1. The van der Waals surface area contributed by atoms with E-state index in [1.165, 1.54) is 11.3 Å². The van der Waals surface area contributed by atoms with E-state index in [-0.39, 0.29) is 43.2 Å². The van der Waals surface area contributed by atoms with E-state index in [2.05, 4.69) is 20.8 Å². The molecule has 1 heterocycles. The van der Waals surface area contributed by atoms with Crippen molar-refractivity contribution in [3.8, 4) is 0 Å². The fourth-order valence-electron chi connectivity index (χ4n) is 0.933. The molecular formula is C9H16ClN5O2S. The molecule has 0 aliphatic heterocycles. The second-order valence-electron chi connectivity index (χ2n) is 3.63. The summed E-state index contributed by atoms with van der Waals surface area (Å²) in [5.41, 5.74) is 5.08. The first-order chi connectivity index (χ1) is 8.02. The number of amides is 2. The van der Waals surface area contributed by atoms with Crippen LogP contribution >= 0.6 is 23.7 Å². The summed E-state index contributed by atoms with van der Waals surface area (Å²) in [5.74, 6) is -0.450. The van der Waals surface area contributed by atoms with Gasteiger partial charge in [-0.15, -0.1) is 22.6 Å². The van der Waals surface area contributed by atoms with Crippen molar-refractivity contribution in [2.45, 2.75) is 19.8 Å². The predicted octanol–water partition coefficient (Wildman–Crippen LogP) is 0.0967. The van der Waals surface area contributed by atoms with Gasteiger partial charge >= 0.3 is 0 Å². The third-order valence-electron chi connectivity index (χ3n) is 1.81. The van der Waals surface area contributed by atoms with Crippen LogP contribution < -0.4 is 16.4 Å². The highest BCUT2D eigenvalue weighted by molar-refractivity contribution is 7.15. The molecule has 1 aromatic heterocycles. The van der Waals surface area contributed by atoms with Gasteiger partial charge in [-0.2, -0.15) is 0 Å². The number of carbonyl (C=O) groups is 2. The van der Waals surface area contributed by atoms with Gasteiger partial charge in [0.2, 0.25) is 16.9 Å². The Morgan fingerprint density at radius 2 is 2.00 bits per heavy atom. The Hall–Kier alpha value is -1.25. The first kappa shape index (κ1) is 16.8. The van der Waals surface area contributed by atoms with Crippen molar-refractivity contribution in [2.75, 3.05) is 18.4 Å². The normalized spacial score (nSPS) is 9.78. The molecule has 9 heteroatoms. The fourth-order valence-corrected chi connectivity index (χ4v) is 1.69. The van der Waals surface area contributed by atoms with Crippen molar-refractivity contribution in [2.24, 2.45) is 5.73 Å². The minimum absolute atomic E-state index is 0. The monoisotopic (exact) mass is 293 g/mol. The smallest absolute Gasteiger partial charge is 0.245 e. The van der Waals surface area contributed by atoms with E-state index in [9.17, 15) is 9.59 Å². The number of nitrogens with zero attached hydrogens (tertiary/aromatic N) is 2. The van der Waals surface area contributed by atoms with Gasteiger partial charge in [-0.3, -0.25) is 14.9 Å². The van der Waals surface area contributed by atoms with Crippen LogP contribution in [0.4, 0.5) is 5.13 Å². The molecule has 4 N–H and O–H groups in total. The van der Waals surface area contributed by atoms with Crippen molar-refractivity contribution in [1.82, 2.24) is 15.5 Å². The van der Waals surface area contributed by atoms with E-state index in [0.29, 0.717) is 5.13 Å². The maximum Gasteiger partial charge on any atom is 0.245 e. The number of hydrogen-bond donors (Lipinski definition) is 3. The Kier molecular flexibility index (Phi) is 7.41. The van der Waals surface area contributed by atoms with Crippen molar-refractivity contribution >= 4 is 40.7 Å². The number of aromatic nitrogens is 2. The molecule has 1 rings (SSSR count). The molecule has 0 radical (unpaired) electrons. The Morgan fingerprint density at radius 3 is 2.50 bits per heavy atom. The number of anilines is 1. The number of hydrogen-bond acceptors (Lipinski definition) is 6. The SMILES string of the molecule is CC(C)c1nnc(NC(=O)CNC(=O)CN)s1.Cl. The molecule has 1 aromatic rings. The molecule has 0 aromatic carbocycles. The van der Waals surface area contributed by atoms with E-state index in [4.69, 9.17) is 5.73 Å². The molecule has 7 nitrogen and oxygen atoms in total. The molecule has 0 unspecified atom stereocenters.